The van der Waals surface area contributed by atoms with Gasteiger partial charge in [0.25, 0.3) is 0 Å². The third kappa shape index (κ3) is 5.97. The number of likely N-dealkylation sites (N-methyl/N-ethyl adjacent to an activating group) is 1. The Morgan fingerprint density at radius 3 is 2.31 bits per heavy atom. The molecular formula is C9H16N2O5. The smallest absolute Gasteiger partial charge is 0.326 e. The molecule has 0 aromatic carbocycles. The van der Waals surface area contributed by atoms with E-state index >= 15 is 0 Å². The summed E-state index contributed by atoms with van der Waals surface area (Å²) in [6, 6.07) is -1.25. The van der Waals surface area contributed by atoms with Gasteiger partial charge in [-0.2, -0.15) is 0 Å². The largest absolute Gasteiger partial charge is 0.480 e. The minimum atomic E-state index is -1.27. The summed E-state index contributed by atoms with van der Waals surface area (Å²) >= 11 is 0. The summed E-state index contributed by atoms with van der Waals surface area (Å²) < 4.78 is 4.33. The van der Waals surface area contributed by atoms with Crippen LogP contribution in [0.15, 0.2) is 0 Å². The van der Waals surface area contributed by atoms with E-state index in [1.165, 1.54) is 0 Å². The second kappa shape index (κ2) is 6.78. The Kier molecular flexibility index (Phi) is 6.09. The number of amides is 1. The third-order valence-corrected chi connectivity index (χ3v) is 1.69. The average Bonchev–Trinajstić information content (AvgIpc) is 2.14. The molecule has 0 aliphatic heterocycles. The van der Waals surface area contributed by atoms with Gasteiger partial charge >= 0.3 is 11.9 Å². The molecule has 0 heterocycles. The van der Waals surface area contributed by atoms with Crippen molar-refractivity contribution in [1.82, 2.24) is 10.2 Å². The fourth-order valence-electron chi connectivity index (χ4n) is 0.977. The molecule has 16 heavy (non-hydrogen) atoms. The lowest BCUT2D eigenvalue weighted by atomic mass is 10.2. The van der Waals surface area contributed by atoms with Crippen molar-refractivity contribution in [2.75, 3.05) is 27.7 Å². The number of hydrogen-bond donors (Lipinski definition) is 2. The Bertz CT molecular complexity index is 277. The van der Waals surface area contributed by atoms with Crippen LogP contribution in [0.5, 0.6) is 0 Å². The molecule has 0 aliphatic carbocycles. The molecular weight excluding hydrogens is 216 g/mol. The first-order valence-electron chi connectivity index (χ1n) is 4.60. The molecule has 0 unspecified atom stereocenters. The van der Waals surface area contributed by atoms with Crippen molar-refractivity contribution in [3.63, 3.8) is 0 Å². The highest BCUT2D eigenvalue weighted by Gasteiger charge is 2.23. The van der Waals surface area contributed by atoms with Gasteiger partial charge in [0, 0.05) is 0 Å². The van der Waals surface area contributed by atoms with Crippen LogP contribution in [0.1, 0.15) is 6.42 Å². The van der Waals surface area contributed by atoms with E-state index in [2.05, 4.69) is 10.1 Å². The maximum Gasteiger partial charge on any atom is 0.326 e. The summed E-state index contributed by atoms with van der Waals surface area (Å²) in [5.41, 5.74) is 0. The first kappa shape index (κ1) is 14.4. The number of rotatable bonds is 6. The summed E-state index contributed by atoms with van der Waals surface area (Å²) in [4.78, 5) is 34.5. The topological polar surface area (TPSA) is 95.9 Å². The van der Waals surface area contributed by atoms with Crippen LogP contribution in [0.25, 0.3) is 0 Å². The number of carbonyl (C=O) groups is 3. The highest BCUT2D eigenvalue weighted by Crippen LogP contribution is 1.95. The molecule has 0 aromatic rings. The fraction of sp³-hybridized carbons (Fsp3) is 0.667. The highest BCUT2D eigenvalue weighted by atomic mass is 16.5. The summed E-state index contributed by atoms with van der Waals surface area (Å²) in [6.07, 6.45) is -0.384. The van der Waals surface area contributed by atoms with Gasteiger partial charge in [-0.1, -0.05) is 0 Å². The number of carboxylic acid groups (broad SMARTS) is 1. The molecule has 0 spiro atoms. The van der Waals surface area contributed by atoms with E-state index in [1.807, 2.05) is 0 Å². The van der Waals surface area contributed by atoms with Gasteiger partial charge in [-0.05, 0) is 14.1 Å². The number of ether oxygens (including phenoxy) is 1. The molecule has 0 fully saturated rings. The zero-order valence-corrected chi connectivity index (χ0v) is 9.52. The van der Waals surface area contributed by atoms with E-state index in [0.717, 1.165) is 7.11 Å². The standard InChI is InChI=1S/C9H16N2O5/c1-11(2)5-7(12)10-6(9(14)15)4-8(13)16-3/h6H,4-5H2,1-3H3,(H,10,12)(H,14,15)/t6-/m0/s1. The molecule has 0 aliphatic rings. The van der Waals surface area contributed by atoms with Crippen molar-refractivity contribution in [3.05, 3.63) is 0 Å². The van der Waals surface area contributed by atoms with Gasteiger partial charge in [0.2, 0.25) is 5.91 Å². The van der Waals surface area contributed by atoms with Crippen LogP contribution in [-0.2, 0) is 19.1 Å². The molecule has 7 nitrogen and oxygen atoms in total. The predicted molar refractivity (Wildman–Crippen MR) is 54.8 cm³/mol. The van der Waals surface area contributed by atoms with Crippen LogP contribution < -0.4 is 5.32 Å². The number of aliphatic carboxylic acids is 1. The Hall–Kier alpha value is -1.63. The number of hydrogen-bond acceptors (Lipinski definition) is 5. The van der Waals surface area contributed by atoms with Crippen molar-refractivity contribution in [1.29, 1.82) is 0 Å². The zero-order chi connectivity index (χ0) is 12.7. The number of esters is 1. The molecule has 92 valence electrons. The Labute approximate surface area is 93.4 Å². The van der Waals surface area contributed by atoms with E-state index in [-0.39, 0.29) is 13.0 Å². The quantitative estimate of drug-likeness (QED) is 0.551. The third-order valence-electron chi connectivity index (χ3n) is 1.69. The molecule has 0 rings (SSSR count). The van der Waals surface area contributed by atoms with Crippen molar-refractivity contribution in [2.45, 2.75) is 12.5 Å². The Morgan fingerprint density at radius 1 is 1.38 bits per heavy atom. The van der Waals surface area contributed by atoms with E-state index in [9.17, 15) is 14.4 Å². The molecule has 0 bridgehead atoms. The van der Waals surface area contributed by atoms with Gasteiger partial charge in [0.05, 0.1) is 20.1 Å². The number of nitrogens with one attached hydrogen (secondary N) is 1. The molecule has 7 heteroatoms. The van der Waals surface area contributed by atoms with Crippen molar-refractivity contribution in [3.8, 4) is 0 Å². The number of nitrogens with zero attached hydrogens (tertiary/aromatic N) is 1. The zero-order valence-electron chi connectivity index (χ0n) is 9.52. The SMILES string of the molecule is COC(=O)C[C@H](NC(=O)CN(C)C)C(=O)O. The van der Waals surface area contributed by atoms with Crippen LogP contribution in [0.4, 0.5) is 0 Å². The second-order valence-electron chi connectivity index (χ2n) is 3.48. The number of carbonyl (C=O) groups excluding carboxylic acids is 2. The number of carboxylic acids is 1. The maximum atomic E-state index is 11.3. The monoisotopic (exact) mass is 232 g/mol. The lowest BCUT2D eigenvalue weighted by molar-refractivity contribution is -0.148. The van der Waals surface area contributed by atoms with E-state index in [1.54, 1.807) is 19.0 Å². The Morgan fingerprint density at radius 2 is 1.94 bits per heavy atom. The normalized spacial score (nSPS) is 12.0. The summed E-state index contributed by atoms with van der Waals surface area (Å²) in [6.45, 7) is 0.0605. The first-order chi connectivity index (χ1) is 7.36. The van der Waals surface area contributed by atoms with Crippen LogP contribution >= 0.6 is 0 Å². The lowest BCUT2D eigenvalue weighted by Crippen LogP contribution is -2.45. The van der Waals surface area contributed by atoms with Gasteiger partial charge in [0.1, 0.15) is 6.04 Å². The second-order valence-corrected chi connectivity index (χ2v) is 3.48. The van der Waals surface area contributed by atoms with Gasteiger partial charge in [-0.15, -0.1) is 0 Å². The van der Waals surface area contributed by atoms with Crippen molar-refractivity contribution < 1.29 is 24.2 Å². The molecule has 0 saturated heterocycles. The average molecular weight is 232 g/mol. The van der Waals surface area contributed by atoms with E-state index in [4.69, 9.17) is 5.11 Å². The van der Waals surface area contributed by atoms with Gasteiger partial charge in [-0.25, -0.2) is 4.79 Å². The minimum Gasteiger partial charge on any atom is -0.480 e. The van der Waals surface area contributed by atoms with E-state index < -0.39 is 23.9 Å². The van der Waals surface area contributed by atoms with Crippen LogP contribution in [0.3, 0.4) is 0 Å². The van der Waals surface area contributed by atoms with Gasteiger partial charge < -0.3 is 20.1 Å². The minimum absolute atomic E-state index is 0.0605. The molecule has 1 amide bonds. The highest BCUT2D eigenvalue weighted by molar-refractivity contribution is 5.87. The van der Waals surface area contributed by atoms with Crippen molar-refractivity contribution in [2.24, 2.45) is 0 Å². The first-order valence-corrected chi connectivity index (χ1v) is 4.60. The fourth-order valence-corrected chi connectivity index (χ4v) is 0.977. The van der Waals surface area contributed by atoms with Crippen LogP contribution in [0.2, 0.25) is 0 Å². The molecule has 0 radical (unpaired) electrons. The van der Waals surface area contributed by atoms with E-state index in [0.29, 0.717) is 0 Å². The number of methoxy groups -OCH3 is 1. The maximum absolute atomic E-state index is 11.3. The van der Waals surface area contributed by atoms with Crippen LogP contribution in [0, 0.1) is 0 Å². The summed E-state index contributed by atoms with van der Waals surface area (Å²) in [5, 5.41) is 11.0. The summed E-state index contributed by atoms with van der Waals surface area (Å²) in [7, 11) is 4.51. The van der Waals surface area contributed by atoms with Gasteiger partial charge in [0.15, 0.2) is 0 Å². The van der Waals surface area contributed by atoms with Crippen LogP contribution in [-0.4, -0.2) is 61.6 Å². The molecule has 0 aromatic heterocycles. The lowest BCUT2D eigenvalue weighted by Gasteiger charge is -2.15. The Balaban J connectivity index is 4.28. The molecule has 1 atom stereocenters. The molecule has 2 N–H and O–H groups in total. The van der Waals surface area contributed by atoms with Crippen molar-refractivity contribution >= 4 is 17.8 Å². The molecule has 0 saturated carbocycles. The predicted octanol–water partition coefficient (Wildman–Crippen LogP) is -1.32. The van der Waals surface area contributed by atoms with Gasteiger partial charge in [-0.3, -0.25) is 9.59 Å². The summed E-state index contributed by atoms with van der Waals surface area (Å²) in [5.74, 6) is -2.41.